The summed E-state index contributed by atoms with van der Waals surface area (Å²) < 4.78 is 24.0. The highest BCUT2D eigenvalue weighted by Gasteiger charge is 2.10. The van der Waals surface area contributed by atoms with Crippen LogP contribution < -0.4 is 14.8 Å². The topological polar surface area (TPSA) is 47.6 Å². The van der Waals surface area contributed by atoms with Gasteiger partial charge in [-0.3, -0.25) is 4.79 Å². The van der Waals surface area contributed by atoms with Gasteiger partial charge in [0, 0.05) is 0 Å². The standard InChI is InChI=1S/C16H15BrFNO3/c1-10-3-5-15(21-2)13(7-10)19-16(20)9-22-14-6-4-11(18)8-12(14)17/h3-8H,9H2,1-2H3,(H,19,20). The van der Waals surface area contributed by atoms with Gasteiger partial charge in [0.25, 0.3) is 5.91 Å². The quantitative estimate of drug-likeness (QED) is 0.870. The molecular weight excluding hydrogens is 353 g/mol. The van der Waals surface area contributed by atoms with Gasteiger partial charge in [0.15, 0.2) is 6.61 Å². The van der Waals surface area contributed by atoms with E-state index in [0.29, 0.717) is 21.7 Å². The fourth-order valence-corrected chi connectivity index (χ4v) is 2.31. The molecule has 0 aliphatic rings. The monoisotopic (exact) mass is 367 g/mol. The van der Waals surface area contributed by atoms with Gasteiger partial charge in [-0.15, -0.1) is 0 Å². The Kier molecular flexibility index (Phi) is 5.38. The third-order valence-corrected chi connectivity index (χ3v) is 3.50. The van der Waals surface area contributed by atoms with Crippen molar-refractivity contribution in [1.29, 1.82) is 0 Å². The highest BCUT2D eigenvalue weighted by molar-refractivity contribution is 9.10. The summed E-state index contributed by atoms with van der Waals surface area (Å²) in [5.41, 5.74) is 1.58. The Labute approximate surface area is 136 Å². The Balaban J connectivity index is 2.00. The number of methoxy groups -OCH3 is 1. The lowest BCUT2D eigenvalue weighted by atomic mass is 10.2. The molecule has 0 aliphatic carbocycles. The molecule has 4 nitrogen and oxygen atoms in total. The van der Waals surface area contributed by atoms with Gasteiger partial charge in [-0.2, -0.15) is 0 Å². The van der Waals surface area contributed by atoms with Gasteiger partial charge in [-0.05, 0) is 58.7 Å². The van der Waals surface area contributed by atoms with Crippen molar-refractivity contribution < 1.29 is 18.7 Å². The normalized spacial score (nSPS) is 10.2. The number of hydrogen-bond donors (Lipinski definition) is 1. The highest BCUT2D eigenvalue weighted by atomic mass is 79.9. The summed E-state index contributed by atoms with van der Waals surface area (Å²) in [5.74, 6) is 0.253. The molecule has 1 amide bonds. The van der Waals surface area contributed by atoms with Crippen molar-refractivity contribution in [3.63, 3.8) is 0 Å². The number of aryl methyl sites for hydroxylation is 1. The summed E-state index contributed by atoms with van der Waals surface area (Å²) in [7, 11) is 1.53. The summed E-state index contributed by atoms with van der Waals surface area (Å²) in [6.07, 6.45) is 0. The third-order valence-electron chi connectivity index (χ3n) is 2.88. The first-order valence-corrected chi connectivity index (χ1v) is 7.31. The van der Waals surface area contributed by atoms with E-state index in [4.69, 9.17) is 9.47 Å². The van der Waals surface area contributed by atoms with Crippen molar-refractivity contribution in [3.05, 3.63) is 52.3 Å². The molecule has 22 heavy (non-hydrogen) atoms. The van der Waals surface area contributed by atoms with Crippen LogP contribution in [0, 0.1) is 12.7 Å². The van der Waals surface area contributed by atoms with E-state index in [0.717, 1.165) is 5.56 Å². The SMILES string of the molecule is COc1ccc(C)cc1NC(=O)COc1ccc(F)cc1Br. The van der Waals surface area contributed by atoms with Crippen molar-refractivity contribution in [2.75, 3.05) is 19.0 Å². The van der Waals surface area contributed by atoms with Gasteiger partial charge in [-0.25, -0.2) is 4.39 Å². The lowest BCUT2D eigenvalue weighted by Crippen LogP contribution is -2.20. The maximum absolute atomic E-state index is 13.0. The second kappa shape index (κ2) is 7.26. The molecule has 6 heteroatoms. The van der Waals surface area contributed by atoms with Gasteiger partial charge >= 0.3 is 0 Å². The van der Waals surface area contributed by atoms with E-state index in [1.165, 1.54) is 25.3 Å². The molecule has 2 aromatic carbocycles. The van der Waals surface area contributed by atoms with Crippen LogP contribution >= 0.6 is 15.9 Å². The number of amides is 1. The maximum atomic E-state index is 13.0. The zero-order chi connectivity index (χ0) is 16.1. The molecule has 0 bridgehead atoms. The number of anilines is 1. The summed E-state index contributed by atoms with van der Waals surface area (Å²) in [4.78, 5) is 12.0. The lowest BCUT2D eigenvalue weighted by molar-refractivity contribution is -0.118. The molecule has 0 aromatic heterocycles. The Morgan fingerprint density at radius 1 is 1.23 bits per heavy atom. The average molecular weight is 368 g/mol. The van der Waals surface area contributed by atoms with Crippen LogP contribution in [0.3, 0.4) is 0 Å². The van der Waals surface area contributed by atoms with E-state index in [9.17, 15) is 9.18 Å². The second-order valence-electron chi connectivity index (χ2n) is 4.62. The average Bonchev–Trinajstić information content (AvgIpc) is 2.46. The van der Waals surface area contributed by atoms with Crippen molar-refractivity contribution >= 4 is 27.5 Å². The summed E-state index contributed by atoms with van der Waals surface area (Å²) in [6.45, 7) is 1.72. The van der Waals surface area contributed by atoms with Crippen LogP contribution in [-0.4, -0.2) is 19.6 Å². The molecule has 0 saturated carbocycles. The molecule has 0 atom stereocenters. The van der Waals surface area contributed by atoms with Crippen LogP contribution in [0.25, 0.3) is 0 Å². The largest absolute Gasteiger partial charge is 0.495 e. The Morgan fingerprint density at radius 2 is 1.95 bits per heavy atom. The first-order valence-electron chi connectivity index (χ1n) is 6.52. The van der Waals surface area contributed by atoms with Crippen LogP contribution in [0.2, 0.25) is 0 Å². The molecular formula is C16H15BrFNO3. The molecule has 1 N–H and O–H groups in total. The highest BCUT2D eigenvalue weighted by Crippen LogP contribution is 2.26. The Morgan fingerprint density at radius 3 is 2.64 bits per heavy atom. The molecule has 0 fully saturated rings. The van der Waals surface area contributed by atoms with Crippen LogP contribution in [0.4, 0.5) is 10.1 Å². The molecule has 2 rings (SSSR count). The number of carbonyl (C=O) groups excluding carboxylic acids is 1. The second-order valence-corrected chi connectivity index (χ2v) is 5.47. The van der Waals surface area contributed by atoms with E-state index in [1.54, 1.807) is 6.07 Å². The summed E-state index contributed by atoms with van der Waals surface area (Å²) in [6, 6.07) is 9.48. The van der Waals surface area contributed by atoms with Crippen molar-refractivity contribution in [2.45, 2.75) is 6.92 Å². The van der Waals surface area contributed by atoms with Crippen LogP contribution in [0.5, 0.6) is 11.5 Å². The van der Waals surface area contributed by atoms with Gasteiger partial charge in [0.05, 0.1) is 17.3 Å². The first kappa shape index (κ1) is 16.3. The number of nitrogens with one attached hydrogen (secondary N) is 1. The summed E-state index contributed by atoms with van der Waals surface area (Å²) >= 11 is 3.18. The molecule has 0 heterocycles. The van der Waals surface area contributed by atoms with E-state index in [1.807, 2.05) is 19.1 Å². The predicted octanol–water partition coefficient (Wildman–Crippen LogP) is 3.92. The van der Waals surface area contributed by atoms with Crippen LogP contribution in [-0.2, 0) is 4.79 Å². The third kappa shape index (κ3) is 4.21. The number of benzene rings is 2. The minimum Gasteiger partial charge on any atom is -0.495 e. The fraction of sp³-hybridized carbons (Fsp3) is 0.188. The number of rotatable bonds is 5. The van der Waals surface area contributed by atoms with Gasteiger partial charge in [-0.1, -0.05) is 6.07 Å². The van der Waals surface area contributed by atoms with Crippen molar-refractivity contribution in [2.24, 2.45) is 0 Å². The molecule has 0 aliphatic heterocycles. The zero-order valence-corrected chi connectivity index (χ0v) is 13.7. The zero-order valence-electron chi connectivity index (χ0n) is 12.2. The molecule has 0 unspecified atom stereocenters. The van der Waals surface area contributed by atoms with Gasteiger partial charge in [0.2, 0.25) is 0 Å². The van der Waals surface area contributed by atoms with E-state index >= 15 is 0 Å². The van der Waals surface area contributed by atoms with Gasteiger partial charge in [0.1, 0.15) is 17.3 Å². The summed E-state index contributed by atoms with van der Waals surface area (Å²) in [5, 5.41) is 2.73. The Hall–Kier alpha value is -2.08. The van der Waals surface area contributed by atoms with Crippen LogP contribution in [0.1, 0.15) is 5.56 Å². The van der Waals surface area contributed by atoms with E-state index < -0.39 is 0 Å². The number of ether oxygens (including phenoxy) is 2. The van der Waals surface area contributed by atoms with E-state index in [2.05, 4.69) is 21.2 Å². The van der Waals surface area contributed by atoms with Crippen molar-refractivity contribution in [3.8, 4) is 11.5 Å². The van der Waals surface area contributed by atoms with E-state index in [-0.39, 0.29) is 18.3 Å². The minimum absolute atomic E-state index is 0.193. The number of halogens is 2. The number of carbonyl (C=O) groups is 1. The molecule has 0 radical (unpaired) electrons. The molecule has 2 aromatic rings. The van der Waals surface area contributed by atoms with Gasteiger partial charge < -0.3 is 14.8 Å². The molecule has 0 spiro atoms. The Bertz CT molecular complexity index is 691. The predicted molar refractivity (Wildman–Crippen MR) is 86.0 cm³/mol. The maximum Gasteiger partial charge on any atom is 0.262 e. The lowest BCUT2D eigenvalue weighted by Gasteiger charge is -2.12. The van der Waals surface area contributed by atoms with Crippen LogP contribution in [0.15, 0.2) is 40.9 Å². The number of hydrogen-bond acceptors (Lipinski definition) is 3. The molecule has 116 valence electrons. The van der Waals surface area contributed by atoms with Crippen molar-refractivity contribution in [1.82, 2.24) is 0 Å². The fourth-order valence-electron chi connectivity index (χ4n) is 1.84. The minimum atomic E-state index is -0.381. The first-order chi connectivity index (χ1) is 10.5. The molecule has 0 saturated heterocycles. The smallest absolute Gasteiger partial charge is 0.262 e.